The van der Waals surface area contributed by atoms with Gasteiger partial charge in [0.1, 0.15) is 11.6 Å². The molecule has 3 rings (SSSR count). The summed E-state index contributed by atoms with van der Waals surface area (Å²) in [4.78, 5) is 12.3. The molecule has 0 atom stereocenters. The van der Waals surface area contributed by atoms with Crippen LogP contribution in [-0.2, 0) is 0 Å². The predicted octanol–water partition coefficient (Wildman–Crippen LogP) is 2.95. The first-order valence-corrected chi connectivity index (χ1v) is 6.28. The molecule has 0 aliphatic rings. The van der Waals surface area contributed by atoms with Crippen molar-refractivity contribution >= 4 is 5.78 Å². The zero-order valence-electron chi connectivity index (χ0n) is 10.9. The van der Waals surface area contributed by atoms with Crippen LogP contribution in [0.25, 0.3) is 5.69 Å². The molecular formula is C16H11FN2O2. The molecule has 0 aliphatic carbocycles. The summed E-state index contributed by atoms with van der Waals surface area (Å²) in [7, 11) is 0. The lowest BCUT2D eigenvalue weighted by molar-refractivity contribution is 0.103. The third-order valence-electron chi connectivity index (χ3n) is 3.08. The van der Waals surface area contributed by atoms with Gasteiger partial charge in [0.05, 0.1) is 23.0 Å². The standard InChI is InChI=1S/C16H11FN2O2/c17-12-5-7-13(8-6-12)19-10-11(9-18-19)16(21)14-3-1-2-4-15(14)20/h1-10,20H. The largest absolute Gasteiger partial charge is 0.507 e. The molecule has 0 saturated carbocycles. The van der Waals surface area contributed by atoms with Gasteiger partial charge >= 0.3 is 0 Å². The van der Waals surface area contributed by atoms with Crippen molar-refractivity contribution in [2.24, 2.45) is 0 Å². The van der Waals surface area contributed by atoms with Crippen LogP contribution in [0, 0.1) is 5.82 Å². The summed E-state index contributed by atoms with van der Waals surface area (Å²) in [5.74, 6) is -0.727. The van der Waals surface area contributed by atoms with Crippen LogP contribution in [0.4, 0.5) is 4.39 Å². The highest BCUT2D eigenvalue weighted by molar-refractivity contribution is 6.10. The van der Waals surface area contributed by atoms with Crippen molar-refractivity contribution in [2.75, 3.05) is 0 Å². The van der Waals surface area contributed by atoms with Crippen LogP contribution in [0.2, 0.25) is 0 Å². The first kappa shape index (κ1) is 13.1. The van der Waals surface area contributed by atoms with Crippen LogP contribution in [-0.4, -0.2) is 20.7 Å². The Morgan fingerprint density at radius 2 is 1.81 bits per heavy atom. The van der Waals surface area contributed by atoms with E-state index in [1.807, 2.05) is 0 Å². The molecule has 2 aromatic carbocycles. The van der Waals surface area contributed by atoms with Gasteiger partial charge in [-0.3, -0.25) is 4.79 Å². The Bertz CT molecular complexity index is 794. The van der Waals surface area contributed by atoms with Crippen LogP contribution >= 0.6 is 0 Å². The number of halogens is 1. The lowest BCUT2D eigenvalue weighted by Crippen LogP contribution is -2.00. The number of phenols is 1. The second-order valence-corrected chi connectivity index (χ2v) is 4.50. The fourth-order valence-electron chi connectivity index (χ4n) is 2.00. The number of benzene rings is 2. The molecule has 0 aliphatic heterocycles. The minimum atomic E-state index is -0.337. The first-order valence-electron chi connectivity index (χ1n) is 6.28. The molecule has 0 saturated heterocycles. The van der Waals surface area contributed by atoms with Crippen LogP contribution in [0.15, 0.2) is 60.9 Å². The van der Waals surface area contributed by atoms with Gasteiger partial charge < -0.3 is 5.11 Å². The molecule has 3 aromatic rings. The maximum atomic E-state index is 12.9. The minimum Gasteiger partial charge on any atom is -0.507 e. The molecule has 0 spiro atoms. The Labute approximate surface area is 120 Å². The van der Waals surface area contributed by atoms with E-state index in [2.05, 4.69) is 5.10 Å². The van der Waals surface area contributed by atoms with E-state index in [-0.39, 0.29) is 22.9 Å². The summed E-state index contributed by atoms with van der Waals surface area (Å²) in [6.45, 7) is 0. The highest BCUT2D eigenvalue weighted by Crippen LogP contribution is 2.20. The van der Waals surface area contributed by atoms with Crippen molar-refractivity contribution in [2.45, 2.75) is 0 Å². The van der Waals surface area contributed by atoms with E-state index >= 15 is 0 Å². The second-order valence-electron chi connectivity index (χ2n) is 4.50. The number of para-hydroxylation sites is 1. The fraction of sp³-hybridized carbons (Fsp3) is 0. The lowest BCUT2D eigenvalue weighted by atomic mass is 10.1. The molecule has 1 N–H and O–H groups in total. The van der Waals surface area contributed by atoms with E-state index in [1.165, 1.54) is 29.1 Å². The number of carbonyl (C=O) groups is 1. The van der Waals surface area contributed by atoms with Gasteiger partial charge in [-0.05, 0) is 36.4 Å². The third-order valence-corrected chi connectivity index (χ3v) is 3.08. The summed E-state index contributed by atoms with van der Waals surface area (Å²) < 4.78 is 14.4. The Kier molecular flexibility index (Phi) is 3.23. The first-order chi connectivity index (χ1) is 10.1. The van der Waals surface area contributed by atoms with Gasteiger partial charge in [0.2, 0.25) is 0 Å². The SMILES string of the molecule is O=C(c1cnn(-c2ccc(F)cc2)c1)c1ccccc1O. The van der Waals surface area contributed by atoms with Gasteiger partial charge in [0.15, 0.2) is 5.78 Å². The van der Waals surface area contributed by atoms with E-state index in [4.69, 9.17) is 0 Å². The number of aromatic hydroxyl groups is 1. The number of phenolic OH excluding ortho intramolecular Hbond substituents is 1. The number of ketones is 1. The van der Waals surface area contributed by atoms with Crippen molar-refractivity contribution < 1.29 is 14.3 Å². The quantitative estimate of drug-likeness (QED) is 0.751. The molecule has 5 heteroatoms. The summed E-state index contributed by atoms with van der Waals surface area (Å²) in [6, 6.07) is 12.1. The Morgan fingerprint density at radius 3 is 2.52 bits per heavy atom. The van der Waals surface area contributed by atoms with Gasteiger partial charge in [0, 0.05) is 6.20 Å². The van der Waals surface area contributed by atoms with E-state index in [9.17, 15) is 14.3 Å². The molecule has 4 nitrogen and oxygen atoms in total. The molecule has 104 valence electrons. The molecule has 1 aromatic heterocycles. The van der Waals surface area contributed by atoms with Crippen LogP contribution in [0.5, 0.6) is 5.75 Å². The van der Waals surface area contributed by atoms with E-state index in [1.54, 1.807) is 36.5 Å². The number of aromatic nitrogens is 2. The zero-order chi connectivity index (χ0) is 14.8. The average molecular weight is 282 g/mol. The van der Waals surface area contributed by atoms with Crippen molar-refractivity contribution in [3.05, 3.63) is 77.9 Å². The fourth-order valence-corrected chi connectivity index (χ4v) is 2.00. The molecule has 0 unspecified atom stereocenters. The van der Waals surface area contributed by atoms with Crippen LogP contribution in [0.3, 0.4) is 0 Å². The maximum Gasteiger partial charge on any atom is 0.199 e. The van der Waals surface area contributed by atoms with Gasteiger partial charge in [-0.2, -0.15) is 5.10 Å². The van der Waals surface area contributed by atoms with Crippen LogP contribution < -0.4 is 0 Å². The van der Waals surface area contributed by atoms with Crippen molar-refractivity contribution in [3.8, 4) is 11.4 Å². The number of carbonyl (C=O) groups excluding carboxylic acids is 1. The molecule has 0 fully saturated rings. The Morgan fingerprint density at radius 1 is 1.10 bits per heavy atom. The number of hydrogen-bond donors (Lipinski definition) is 1. The monoisotopic (exact) mass is 282 g/mol. The zero-order valence-corrected chi connectivity index (χ0v) is 10.9. The maximum absolute atomic E-state index is 12.9. The average Bonchev–Trinajstić information content (AvgIpc) is 2.98. The van der Waals surface area contributed by atoms with Crippen molar-refractivity contribution in [3.63, 3.8) is 0 Å². The molecule has 0 radical (unpaired) electrons. The van der Waals surface area contributed by atoms with Crippen LogP contribution in [0.1, 0.15) is 15.9 Å². The highest BCUT2D eigenvalue weighted by atomic mass is 19.1. The minimum absolute atomic E-state index is 0.0722. The topological polar surface area (TPSA) is 55.1 Å². The lowest BCUT2D eigenvalue weighted by Gasteiger charge is -2.01. The summed E-state index contributed by atoms with van der Waals surface area (Å²) in [5, 5.41) is 13.8. The van der Waals surface area contributed by atoms with Crippen molar-refractivity contribution in [1.29, 1.82) is 0 Å². The number of rotatable bonds is 3. The molecule has 0 bridgehead atoms. The molecule has 1 heterocycles. The second kappa shape index (κ2) is 5.20. The van der Waals surface area contributed by atoms with E-state index < -0.39 is 0 Å². The van der Waals surface area contributed by atoms with Gasteiger partial charge in [0.25, 0.3) is 0 Å². The summed E-state index contributed by atoms with van der Waals surface area (Å²) >= 11 is 0. The third kappa shape index (κ3) is 2.53. The van der Waals surface area contributed by atoms with E-state index in [0.29, 0.717) is 11.3 Å². The highest BCUT2D eigenvalue weighted by Gasteiger charge is 2.15. The smallest absolute Gasteiger partial charge is 0.199 e. The normalized spacial score (nSPS) is 10.5. The summed E-state index contributed by atoms with van der Waals surface area (Å²) in [5.41, 5.74) is 1.21. The Hall–Kier alpha value is -2.95. The molecule has 21 heavy (non-hydrogen) atoms. The van der Waals surface area contributed by atoms with Crippen molar-refractivity contribution in [1.82, 2.24) is 9.78 Å². The predicted molar refractivity (Wildman–Crippen MR) is 75.1 cm³/mol. The van der Waals surface area contributed by atoms with Gasteiger partial charge in [-0.25, -0.2) is 9.07 Å². The molecule has 0 amide bonds. The number of hydrogen-bond acceptors (Lipinski definition) is 3. The Balaban J connectivity index is 1.93. The van der Waals surface area contributed by atoms with E-state index in [0.717, 1.165) is 0 Å². The molecular weight excluding hydrogens is 271 g/mol. The van der Waals surface area contributed by atoms with Gasteiger partial charge in [-0.1, -0.05) is 12.1 Å². The number of nitrogens with zero attached hydrogens (tertiary/aromatic N) is 2. The van der Waals surface area contributed by atoms with Gasteiger partial charge in [-0.15, -0.1) is 0 Å². The summed E-state index contributed by atoms with van der Waals surface area (Å²) in [6.07, 6.45) is 2.96.